The first-order chi connectivity index (χ1) is 13.2. The fourth-order valence-corrected chi connectivity index (χ4v) is 3.65. The van der Waals surface area contributed by atoms with Gasteiger partial charge in [-0.15, -0.1) is 0 Å². The number of aromatic amines is 1. The predicted molar refractivity (Wildman–Crippen MR) is 99.1 cm³/mol. The van der Waals surface area contributed by atoms with Gasteiger partial charge in [-0.3, -0.25) is 19.9 Å². The molecule has 0 saturated heterocycles. The van der Waals surface area contributed by atoms with Gasteiger partial charge in [0, 0.05) is 17.7 Å². The van der Waals surface area contributed by atoms with Gasteiger partial charge in [-0.1, -0.05) is 0 Å². The lowest BCUT2D eigenvalue weighted by molar-refractivity contribution is 0.0945. The van der Waals surface area contributed by atoms with Crippen LogP contribution in [0, 0.1) is 6.92 Å². The zero-order valence-corrected chi connectivity index (χ0v) is 15.1. The van der Waals surface area contributed by atoms with Gasteiger partial charge in [-0.2, -0.15) is 5.10 Å². The number of carbonyl (C=O) groups is 1. The molecule has 27 heavy (non-hydrogen) atoms. The Hall–Kier alpha value is -3.09. The quantitative estimate of drug-likeness (QED) is 0.745. The van der Waals surface area contributed by atoms with E-state index in [4.69, 9.17) is 0 Å². The van der Waals surface area contributed by atoms with Gasteiger partial charge in [-0.05, 0) is 49.8 Å². The molecular formula is C20H20N6O. The third-order valence-electron chi connectivity index (χ3n) is 5.27. The molecule has 3 aromatic heterocycles. The van der Waals surface area contributed by atoms with Crippen LogP contribution < -0.4 is 5.32 Å². The van der Waals surface area contributed by atoms with Gasteiger partial charge in [-0.25, -0.2) is 4.98 Å². The van der Waals surface area contributed by atoms with Gasteiger partial charge in [0.1, 0.15) is 5.69 Å². The van der Waals surface area contributed by atoms with Crippen molar-refractivity contribution in [2.24, 2.45) is 0 Å². The van der Waals surface area contributed by atoms with Crippen LogP contribution in [0.5, 0.6) is 0 Å². The predicted octanol–water partition coefficient (Wildman–Crippen LogP) is 2.48. The molecule has 1 amide bonds. The summed E-state index contributed by atoms with van der Waals surface area (Å²) >= 11 is 0. The third kappa shape index (κ3) is 2.99. The molecule has 3 aromatic rings. The van der Waals surface area contributed by atoms with Crippen LogP contribution in [0.3, 0.4) is 0 Å². The minimum absolute atomic E-state index is 0.190. The summed E-state index contributed by atoms with van der Waals surface area (Å²) < 4.78 is 0. The first kappa shape index (κ1) is 16.1. The number of aryl methyl sites for hydroxylation is 3. The monoisotopic (exact) mass is 360 g/mol. The number of hydrogen-bond acceptors (Lipinski definition) is 5. The lowest BCUT2D eigenvalue weighted by Crippen LogP contribution is -2.25. The van der Waals surface area contributed by atoms with E-state index in [1.807, 2.05) is 25.4 Å². The Balaban J connectivity index is 1.32. The van der Waals surface area contributed by atoms with E-state index < -0.39 is 0 Å². The summed E-state index contributed by atoms with van der Waals surface area (Å²) in [6, 6.07) is 1.84. The number of hydrogen-bond donors (Lipinski definition) is 2. The van der Waals surface area contributed by atoms with E-state index in [2.05, 4.69) is 30.5 Å². The molecule has 0 spiro atoms. The standard InChI is InChI=1S/C20H20N6O/c1-11-6-16(25-15-5-4-13-7-24-26-19(13)18(11)15)20(27)23-9-14-8-22-17(10-21-14)12-2-3-12/h6-8,10,12H,2-5,9H2,1H3,(H,23,27)(H,24,26). The van der Waals surface area contributed by atoms with Crippen molar-refractivity contribution in [2.45, 2.75) is 45.1 Å². The molecule has 0 bridgehead atoms. The molecule has 3 heterocycles. The Morgan fingerprint density at radius 1 is 1.22 bits per heavy atom. The number of nitrogens with zero attached hydrogens (tertiary/aromatic N) is 4. The fraction of sp³-hybridized carbons (Fsp3) is 0.350. The van der Waals surface area contributed by atoms with Crippen molar-refractivity contribution in [3.05, 3.63) is 58.6 Å². The van der Waals surface area contributed by atoms with Crippen LogP contribution in [0.15, 0.2) is 24.7 Å². The molecule has 0 atom stereocenters. The van der Waals surface area contributed by atoms with Crippen molar-refractivity contribution in [3.8, 4) is 11.3 Å². The second-order valence-electron chi connectivity index (χ2n) is 7.31. The maximum Gasteiger partial charge on any atom is 0.270 e. The highest BCUT2D eigenvalue weighted by atomic mass is 16.1. The minimum atomic E-state index is -0.190. The van der Waals surface area contributed by atoms with E-state index in [-0.39, 0.29) is 5.91 Å². The van der Waals surface area contributed by atoms with E-state index in [1.54, 1.807) is 6.20 Å². The van der Waals surface area contributed by atoms with Crippen LogP contribution in [0.25, 0.3) is 11.3 Å². The van der Waals surface area contributed by atoms with Crippen LogP contribution in [-0.2, 0) is 19.4 Å². The van der Waals surface area contributed by atoms with Crippen molar-refractivity contribution >= 4 is 5.91 Å². The molecule has 2 N–H and O–H groups in total. The Bertz CT molecular complexity index is 1020. The topological polar surface area (TPSA) is 96.5 Å². The molecule has 2 aliphatic rings. The van der Waals surface area contributed by atoms with Gasteiger partial charge in [0.15, 0.2) is 0 Å². The van der Waals surface area contributed by atoms with Crippen LogP contribution in [0.1, 0.15) is 57.5 Å². The number of pyridine rings is 1. The summed E-state index contributed by atoms with van der Waals surface area (Å²) in [6.07, 6.45) is 9.55. The van der Waals surface area contributed by atoms with E-state index >= 15 is 0 Å². The van der Waals surface area contributed by atoms with Crippen LogP contribution in [0.4, 0.5) is 0 Å². The molecule has 0 aliphatic heterocycles. The average molecular weight is 360 g/mol. The molecule has 7 heteroatoms. The normalized spacial score (nSPS) is 15.1. The average Bonchev–Trinajstić information content (AvgIpc) is 3.43. The first-order valence-corrected chi connectivity index (χ1v) is 9.31. The summed E-state index contributed by atoms with van der Waals surface area (Å²) in [6.45, 7) is 2.36. The highest BCUT2D eigenvalue weighted by Gasteiger charge is 2.25. The van der Waals surface area contributed by atoms with Gasteiger partial charge in [0.05, 0.1) is 41.7 Å². The number of aromatic nitrogens is 5. The van der Waals surface area contributed by atoms with Crippen LogP contribution in [-0.4, -0.2) is 31.1 Å². The summed E-state index contributed by atoms with van der Waals surface area (Å²) in [4.78, 5) is 26.1. The molecule has 0 unspecified atom stereocenters. The van der Waals surface area contributed by atoms with Gasteiger partial charge in [0.2, 0.25) is 0 Å². The van der Waals surface area contributed by atoms with Crippen molar-refractivity contribution in [2.75, 3.05) is 0 Å². The Morgan fingerprint density at radius 3 is 2.89 bits per heavy atom. The SMILES string of the molecule is Cc1cc(C(=O)NCc2cnc(C3CC3)cn2)nc2c1-c1[nH]ncc1CC2. The fourth-order valence-electron chi connectivity index (χ4n) is 3.65. The first-order valence-electron chi connectivity index (χ1n) is 9.31. The number of nitrogens with one attached hydrogen (secondary N) is 2. The molecule has 2 aliphatic carbocycles. The second kappa shape index (κ2) is 6.26. The number of amides is 1. The van der Waals surface area contributed by atoms with E-state index in [0.717, 1.165) is 46.7 Å². The van der Waals surface area contributed by atoms with Crippen LogP contribution >= 0.6 is 0 Å². The van der Waals surface area contributed by atoms with Gasteiger partial charge < -0.3 is 5.32 Å². The molecule has 0 aromatic carbocycles. The van der Waals surface area contributed by atoms with E-state index in [0.29, 0.717) is 18.2 Å². The minimum Gasteiger partial charge on any atom is -0.345 e. The van der Waals surface area contributed by atoms with Crippen molar-refractivity contribution < 1.29 is 4.79 Å². The zero-order chi connectivity index (χ0) is 18.4. The zero-order valence-electron chi connectivity index (χ0n) is 15.1. The highest BCUT2D eigenvalue weighted by molar-refractivity contribution is 5.93. The Kier molecular flexibility index (Phi) is 3.74. The maximum absolute atomic E-state index is 12.6. The van der Waals surface area contributed by atoms with E-state index in [9.17, 15) is 4.79 Å². The highest BCUT2D eigenvalue weighted by Crippen LogP contribution is 2.38. The molecule has 136 valence electrons. The van der Waals surface area contributed by atoms with E-state index in [1.165, 1.54) is 18.4 Å². The summed E-state index contributed by atoms with van der Waals surface area (Å²) in [5.41, 5.74) is 7.54. The molecule has 1 saturated carbocycles. The van der Waals surface area contributed by atoms with Crippen molar-refractivity contribution in [3.63, 3.8) is 0 Å². The van der Waals surface area contributed by atoms with Crippen molar-refractivity contribution in [1.82, 2.24) is 30.5 Å². The Labute approximate surface area is 156 Å². The third-order valence-corrected chi connectivity index (χ3v) is 5.27. The number of H-pyrrole nitrogens is 1. The second-order valence-corrected chi connectivity index (χ2v) is 7.31. The smallest absolute Gasteiger partial charge is 0.270 e. The lowest BCUT2D eigenvalue weighted by atomic mass is 9.91. The molecule has 0 radical (unpaired) electrons. The Morgan fingerprint density at radius 2 is 2.11 bits per heavy atom. The van der Waals surface area contributed by atoms with Crippen LogP contribution in [0.2, 0.25) is 0 Å². The van der Waals surface area contributed by atoms with Crippen molar-refractivity contribution in [1.29, 1.82) is 0 Å². The molecular weight excluding hydrogens is 340 g/mol. The summed E-state index contributed by atoms with van der Waals surface area (Å²) in [5, 5.41) is 10.1. The van der Waals surface area contributed by atoms with Gasteiger partial charge in [0.25, 0.3) is 5.91 Å². The number of rotatable bonds is 4. The molecule has 1 fully saturated rings. The number of carbonyl (C=O) groups excluding carboxylic acids is 1. The summed E-state index contributed by atoms with van der Waals surface area (Å²) in [7, 11) is 0. The number of fused-ring (bicyclic) bond motifs is 3. The summed E-state index contributed by atoms with van der Waals surface area (Å²) in [5.74, 6) is 0.392. The maximum atomic E-state index is 12.6. The van der Waals surface area contributed by atoms with Gasteiger partial charge >= 0.3 is 0 Å². The largest absolute Gasteiger partial charge is 0.345 e. The molecule has 7 nitrogen and oxygen atoms in total. The molecule has 5 rings (SSSR count). The lowest BCUT2D eigenvalue weighted by Gasteiger charge is -2.18.